The van der Waals surface area contributed by atoms with Gasteiger partial charge in [0.15, 0.2) is 5.69 Å². The molecule has 3 heterocycles. The van der Waals surface area contributed by atoms with E-state index in [0.29, 0.717) is 23.7 Å². The number of halogens is 1. The molecule has 146 valence electrons. The van der Waals surface area contributed by atoms with Crippen molar-refractivity contribution in [2.24, 2.45) is 0 Å². The molecule has 0 aliphatic carbocycles. The summed E-state index contributed by atoms with van der Waals surface area (Å²) in [6.45, 7) is 3.78. The van der Waals surface area contributed by atoms with Gasteiger partial charge in [0.1, 0.15) is 17.4 Å². The predicted molar refractivity (Wildman–Crippen MR) is 102 cm³/mol. The standard InChI is InChI=1S/C18H18ClN5O4/c1-18(2,26)17-21-15(28-22-17)13-14-16(25)23(6-7-27-3)12-8-10(19)4-5-11(12)24(14)9-20-13/h4-5,8-9,26H,6-7H2,1-3H3. The molecule has 3 aromatic heterocycles. The minimum atomic E-state index is -1.28. The molecule has 1 N–H and O–H groups in total. The summed E-state index contributed by atoms with van der Waals surface area (Å²) < 4.78 is 13.7. The first-order valence-electron chi connectivity index (χ1n) is 8.56. The second-order valence-electron chi connectivity index (χ2n) is 6.88. The molecule has 9 nitrogen and oxygen atoms in total. The molecule has 0 atom stereocenters. The summed E-state index contributed by atoms with van der Waals surface area (Å²) in [5.41, 5.74) is 0.374. The Morgan fingerprint density at radius 2 is 2.11 bits per heavy atom. The number of methoxy groups -OCH3 is 1. The first kappa shape index (κ1) is 18.6. The Labute approximate surface area is 164 Å². The first-order valence-corrected chi connectivity index (χ1v) is 8.94. The van der Waals surface area contributed by atoms with E-state index in [0.717, 1.165) is 5.52 Å². The molecule has 0 aliphatic rings. The number of fused-ring (bicyclic) bond motifs is 3. The van der Waals surface area contributed by atoms with Crippen LogP contribution in [-0.2, 0) is 16.9 Å². The molecule has 0 saturated heterocycles. The highest BCUT2D eigenvalue weighted by Crippen LogP contribution is 2.26. The molecule has 1 aromatic carbocycles. The van der Waals surface area contributed by atoms with Crippen LogP contribution in [0.4, 0.5) is 0 Å². The topological polar surface area (TPSA) is 108 Å². The van der Waals surface area contributed by atoms with Crippen molar-refractivity contribution < 1.29 is 14.4 Å². The highest BCUT2D eigenvalue weighted by molar-refractivity contribution is 6.31. The van der Waals surface area contributed by atoms with E-state index in [4.69, 9.17) is 20.9 Å². The number of aliphatic hydroxyl groups is 1. The SMILES string of the molecule is COCCn1c(=O)c2c(-c3nc(C(C)(C)O)no3)ncn2c2ccc(Cl)cc21. The van der Waals surface area contributed by atoms with Crippen LogP contribution in [0.1, 0.15) is 19.7 Å². The molecule has 28 heavy (non-hydrogen) atoms. The number of ether oxygens (including phenoxy) is 1. The van der Waals surface area contributed by atoms with E-state index in [1.165, 1.54) is 6.33 Å². The predicted octanol–water partition coefficient (Wildman–Crippen LogP) is 2.23. The van der Waals surface area contributed by atoms with Crippen LogP contribution in [0.5, 0.6) is 0 Å². The molecule has 0 amide bonds. The molecule has 10 heteroatoms. The molecule has 0 radical (unpaired) electrons. The van der Waals surface area contributed by atoms with Gasteiger partial charge in [-0.3, -0.25) is 9.20 Å². The van der Waals surface area contributed by atoms with Crippen molar-refractivity contribution >= 4 is 28.2 Å². The van der Waals surface area contributed by atoms with Crippen molar-refractivity contribution in [3.63, 3.8) is 0 Å². The van der Waals surface area contributed by atoms with Crippen molar-refractivity contribution in [1.29, 1.82) is 0 Å². The van der Waals surface area contributed by atoms with Crippen molar-refractivity contribution in [1.82, 2.24) is 24.1 Å². The lowest BCUT2D eigenvalue weighted by Gasteiger charge is -2.12. The quantitative estimate of drug-likeness (QED) is 0.544. The largest absolute Gasteiger partial charge is 0.383 e. The van der Waals surface area contributed by atoms with Gasteiger partial charge in [0.2, 0.25) is 5.82 Å². The maximum atomic E-state index is 13.3. The van der Waals surface area contributed by atoms with Crippen molar-refractivity contribution in [2.75, 3.05) is 13.7 Å². The van der Waals surface area contributed by atoms with Gasteiger partial charge in [-0.15, -0.1) is 0 Å². The Morgan fingerprint density at radius 3 is 2.79 bits per heavy atom. The monoisotopic (exact) mass is 403 g/mol. The summed E-state index contributed by atoms with van der Waals surface area (Å²) in [4.78, 5) is 21.8. The Hall–Kier alpha value is -2.75. The molecule has 4 aromatic rings. The normalized spacial score (nSPS) is 12.3. The Balaban J connectivity index is 2.02. The van der Waals surface area contributed by atoms with E-state index in [2.05, 4.69) is 15.1 Å². The van der Waals surface area contributed by atoms with Gasteiger partial charge in [-0.25, -0.2) is 4.98 Å². The van der Waals surface area contributed by atoms with E-state index >= 15 is 0 Å². The minimum Gasteiger partial charge on any atom is -0.383 e. The first-order chi connectivity index (χ1) is 13.3. The molecule has 0 saturated carbocycles. The van der Waals surface area contributed by atoms with E-state index in [1.807, 2.05) is 6.07 Å². The van der Waals surface area contributed by atoms with Crippen LogP contribution in [-0.4, -0.2) is 42.9 Å². The minimum absolute atomic E-state index is 0.0586. The average molecular weight is 404 g/mol. The molecule has 4 rings (SSSR count). The molecule has 0 spiro atoms. The number of aromatic nitrogens is 5. The smallest absolute Gasteiger partial charge is 0.279 e. The third-order valence-corrected chi connectivity index (χ3v) is 4.63. The molecule has 0 aliphatic heterocycles. The van der Waals surface area contributed by atoms with Gasteiger partial charge in [0.25, 0.3) is 11.4 Å². The number of hydrogen-bond acceptors (Lipinski definition) is 7. The third kappa shape index (κ3) is 2.97. The summed E-state index contributed by atoms with van der Waals surface area (Å²) in [5, 5.41) is 14.4. The molecule has 0 unspecified atom stereocenters. The lowest BCUT2D eigenvalue weighted by Crippen LogP contribution is -2.25. The second kappa shape index (κ2) is 6.69. The summed E-state index contributed by atoms with van der Waals surface area (Å²) in [6, 6.07) is 5.29. The average Bonchev–Trinajstić information content (AvgIpc) is 3.28. The Bertz CT molecular complexity index is 1230. The summed E-state index contributed by atoms with van der Waals surface area (Å²) in [7, 11) is 1.57. The molecular weight excluding hydrogens is 386 g/mol. The van der Waals surface area contributed by atoms with Crippen LogP contribution < -0.4 is 5.56 Å². The number of nitrogens with zero attached hydrogens (tertiary/aromatic N) is 5. The summed E-state index contributed by atoms with van der Waals surface area (Å²) in [5.74, 6) is 0.166. The van der Waals surface area contributed by atoms with Crippen molar-refractivity contribution in [3.8, 4) is 11.6 Å². The van der Waals surface area contributed by atoms with Crippen LogP contribution in [0.3, 0.4) is 0 Å². The number of benzene rings is 1. The lowest BCUT2D eigenvalue weighted by molar-refractivity contribution is 0.0661. The van der Waals surface area contributed by atoms with Gasteiger partial charge in [0, 0.05) is 18.7 Å². The number of imidazole rings is 1. The van der Waals surface area contributed by atoms with E-state index < -0.39 is 5.60 Å². The highest BCUT2D eigenvalue weighted by Gasteiger charge is 2.26. The van der Waals surface area contributed by atoms with Crippen LogP contribution in [0, 0.1) is 0 Å². The lowest BCUT2D eigenvalue weighted by atomic mass is 10.1. The number of hydrogen-bond donors (Lipinski definition) is 1. The van der Waals surface area contributed by atoms with Gasteiger partial charge in [-0.1, -0.05) is 16.8 Å². The fraction of sp³-hybridized carbons (Fsp3) is 0.333. The zero-order valence-electron chi connectivity index (χ0n) is 15.5. The van der Waals surface area contributed by atoms with Crippen LogP contribution in [0.25, 0.3) is 28.1 Å². The zero-order chi connectivity index (χ0) is 20.1. The third-order valence-electron chi connectivity index (χ3n) is 4.40. The van der Waals surface area contributed by atoms with Crippen molar-refractivity contribution in [3.05, 3.63) is 45.7 Å². The van der Waals surface area contributed by atoms with Gasteiger partial charge >= 0.3 is 0 Å². The summed E-state index contributed by atoms with van der Waals surface area (Å²) in [6.07, 6.45) is 1.52. The fourth-order valence-electron chi connectivity index (χ4n) is 3.02. The van der Waals surface area contributed by atoms with E-state index in [-0.39, 0.29) is 28.5 Å². The highest BCUT2D eigenvalue weighted by atomic mass is 35.5. The van der Waals surface area contributed by atoms with Crippen LogP contribution >= 0.6 is 11.6 Å². The van der Waals surface area contributed by atoms with Gasteiger partial charge in [0.05, 0.1) is 17.6 Å². The molecule has 0 bridgehead atoms. The van der Waals surface area contributed by atoms with E-state index in [9.17, 15) is 9.90 Å². The maximum absolute atomic E-state index is 13.3. The number of rotatable bonds is 5. The maximum Gasteiger partial charge on any atom is 0.279 e. The zero-order valence-corrected chi connectivity index (χ0v) is 16.3. The van der Waals surface area contributed by atoms with Gasteiger partial charge in [-0.2, -0.15) is 4.98 Å². The molecule has 0 fully saturated rings. The van der Waals surface area contributed by atoms with Gasteiger partial charge < -0.3 is 18.9 Å². The Kier molecular flexibility index (Phi) is 4.45. The van der Waals surface area contributed by atoms with Crippen LogP contribution in [0.2, 0.25) is 5.02 Å². The second-order valence-corrected chi connectivity index (χ2v) is 7.31. The van der Waals surface area contributed by atoms with Crippen LogP contribution in [0.15, 0.2) is 33.8 Å². The van der Waals surface area contributed by atoms with Crippen molar-refractivity contribution in [2.45, 2.75) is 26.0 Å². The Morgan fingerprint density at radius 1 is 1.32 bits per heavy atom. The van der Waals surface area contributed by atoms with E-state index in [1.54, 1.807) is 42.1 Å². The molecular formula is C18H18ClN5O4. The summed E-state index contributed by atoms with van der Waals surface area (Å²) >= 11 is 6.15. The fourth-order valence-corrected chi connectivity index (χ4v) is 3.18. The van der Waals surface area contributed by atoms with Gasteiger partial charge in [-0.05, 0) is 32.0 Å².